The van der Waals surface area contributed by atoms with Crippen LogP contribution >= 0.6 is 0 Å². The molecule has 0 aliphatic carbocycles. The number of nitrogens with zero attached hydrogens (tertiary/aromatic N) is 1. The molecule has 0 N–H and O–H groups in total. The first-order valence-corrected chi connectivity index (χ1v) is 4.34. The van der Waals surface area contributed by atoms with Gasteiger partial charge in [0.2, 0.25) is 6.41 Å². The molecule has 74 valence electrons. The summed E-state index contributed by atoms with van der Waals surface area (Å²) in [5.41, 5.74) is 0.896. The molecular weight excluding hydrogens is 194 g/mol. The van der Waals surface area contributed by atoms with Crippen LogP contribution in [-0.4, -0.2) is 23.1 Å². The molecule has 1 aliphatic heterocycles. The predicted octanol–water partition coefficient (Wildman–Crippen LogP) is 0.595. The fraction of sp³-hybridized carbons (Fsp3) is 0. The molecule has 0 atom stereocenters. The SMILES string of the molecule is O=CN1C(=O)C=C(c2ccccc2)C1=O. The average Bonchev–Trinajstić information content (AvgIpc) is 2.55. The summed E-state index contributed by atoms with van der Waals surface area (Å²) in [6, 6.07) is 8.76. The lowest BCUT2D eigenvalue weighted by atomic mass is 10.1. The van der Waals surface area contributed by atoms with Gasteiger partial charge in [-0.2, -0.15) is 0 Å². The molecule has 1 heterocycles. The first kappa shape index (κ1) is 9.33. The van der Waals surface area contributed by atoms with Crippen molar-refractivity contribution in [2.45, 2.75) is 0 Å². The third-order valence-corrected chi connectivity index (χ3v) is 2.14. The highest BCUT2D eigenvalue weighted by atomic mass is 16.2. The Balaban J connectivity index is 2.42. The number of rotatable bonds is 2. The monoisotopic (exact) mass is 201 g/mol. The number of carbonyl (C=O) groups is 3. The Morgan fingerprint density at radius 2 is 1.73 bits per heavy atom. The summed E-state index contributed by atoms with van der Waals surface area (Å²) < 4.78 is 0. The van der Waals surface area contributed by atoms with Crippen LogP contribution in [0, 0.1) is 0 Å². The maximum absolute atomic E-state index is 11.6. The van der Waals surface area contributed by atoms with Gasteiger partial charge in [0.25, 0.3) is 11.8 Å². The van der Waals surface area contributed by atoms with Crippen molar-refractivity contribution in [3.8, 4) is 0 Å². The maximum Gasteiger partial charge on any atom is 0.268 e. The van der Waals surface area contributed by atoms with Gasteiger partial charge in [0.15, 0.2) is 0 Å². The Bertz CT molecular complexity index is 462. The van der Waals surface area contributed by atoms with Crippen LogP contribution in [0.4, 0.5) is 0 Å². The quantitative estimate of drug-likeness (QED) is 0.520. The van der Waals surface area contributed by atoms with Gasteiger partial charge in [0.05, 0.1) is 5.57 Å². The Kier molecular flexibility index (Phi) is 2.17. The zero-order valence-corrected chi connectivity index (χ0v) is 7.71. The van der Waals surface area contributed by atoms with E-state index in [1.807, 2.05) is 6.07 Å². The molecule has 0 spiro atoms. The highest BCUT2D eigenvalue weighted by Crippen LogP contribution is 2.21. The topological polar surface area (TPSA) is 54.5 Å². The fourth-order valence-corrected chi connectivity index (χ4v) is 1.41. The molecule has 1 aliphatic rings. The van der Waals surface area contributed by atoms with Crippen LogP contribution in [0.2, 0.25) is 0 Å². The lowest BCUT2D eigenvalue weighted by Crippen LogP contribution is -2.29. The molecule has 0 bridgehead atoms. The minimum absolute atomic E-state index is 0.233. The number of benzene rings is 1. The van der Waals surface area contributed by atoms with Crippen LogP contribution < -0.4 is 0 Å². The summed E-state index contributed by atoms with van der Waals surface area (Å²) in [6.07, 6.45) is 1.41. The molecule has 2 rings (SSSR count). The zero-order chi connectivity index (χ0) is 10.8. The zero-order valence-electron chi connectivity index (χ0n) is 7.71. The van der Waals surface area contributed by atoms with Crippen molar-refractivity contribution >= 4 is 23.8 Å². The fourth-order valence-electron chi connectivity index (χ4n) is 1.41. The molecular formula is C11H7NO3. The second-order valence-electron chi connectivity index (χ2n) is 3.04. The van der Waals surface area contributed by atoms with Crippen molar-refractivity contribution in [3.05, 3.63) is 42.0 Å². The minimum atomic E-state index is -0.589. The lowest BCUT2D eigenvalue weighted by Gasteiger charge is -2.04. The van der Waals surface area contributed by atoms with Crippen molar-refractivity contribution in [3.63, 3.8) is 0 Å². The summed E-state index contributed by atoms with van der Waals surface area (Å²) >= 11 is 0. The van der Waals surface area contributed by atoms with Gasteiger partial charge in [-0.3, -0.25) is 14.4 Å². The van der Waals surface area contributed by atoms with Crippen molar-refractivity contribution in [2.75, 3.05) is 0 Å². The smallest absolute Gasteiger partial charge is 0.268 e. The molecule has 4 nitrogen and oxygen atoms in total. The Morgan fingerprint density at radius 3 is 2.27 bits per heavy atom. The van der Waals surface area contributed by atoms with E-state index in [1.165, 1.54) is 6.08 Å². The number of carbonyl (C=O) groups excluding carboxylic acids is 3. The highest BCUT2D eigenvalue weighted by molar-refractivity contribution is 6.36. The van der Waals surface area contributed by atoms with Crippen LogP contribution in [0.3, 0.4) is 0 Å². The van der Waals surface area contributed by atoms with Crippen molar-refractivity contribution in [1.82, 2.24) is 4.90 Å². The first-order valence-electron chi connectivity index (χ1n) is 4.34. The van der Waals surface area contributed by atoms with Crippen LogP contribution in [0.1, 0.15) is 5.56 Å². The van der Waals surface area contributed by atoms with E-state index in [2.05, 4.69) is 0 Å². The molecule has 0 radical (unpaired) electrons. The standard InChI is InChI=1S/C11H7NO3/c13-7-12-10(14)6-9(11(12)15)8-4-2-1-3-5-8/h1-7H. The van der Waals surface area contributed by atoms with Crippen molar-refractivity contribution in [1.29, 1.82) is 0 Å². The minimum Gasteiger partial charge on any atom is -0.278 e. The summed E-state index contributed by atoms with van der Waals surface area (Å²) in [5, 5.41) is 0. The molecule has 0 aromatic heterocycles. The van der Waals surface area contributed by atoms with E-state index in [1.54, 1.807) is 24.3 Å². The molecule has 4 heteroatoms. The third-order valence-electron chi connectivity index (χ3n) is 2.14. The van der Waals surface area contributed by atoms with Crippen LogP contribution in [0.25, 0.3) is 5.57 Å². The van der Waals surface area contributed by atoms with Crippen LogP contribution in [0.5, 0.6) is 0 Å². The summed E-state index contributed by atoms with van der Waals surface area (Å²) in [4.78, 5) is 33.8. The van der Waals surface area contributed by atoms with Gasteiger partial charge in [-0.15, -0.1) is 0 Å². The molecule has 15 heavy (non-hydrogen) atoms. The van der Waals surface area contributed by atoms with E-state index < -0.39 is 11.8 Å². The van der Waals surface area contributed by atoms with E-state index in [-0.39, 0.29) is 12.0 Å². The molecule has 0 saturated heterocycles. The average molecular weight is 201 g/mol. The van der Waals surface area contributed by atoms with E-state index in [0.29, 0.717) is 10.5 Å². The van der Waals surface area contributed by atoms with Crippen LogP contribution in [0.15, 0.2) is 36.4 Å². The third kappa shape index (κ3) is 1.46. The number of imide groups is 3. The second-order valence-corrected chi connectivity index (χ2v) is 3.04. The van der Waals surface area contributed by atoms with Crippen LogP contribution in [-0.2, 0) is 14.4 Å². The summed E-state index contributed by atoms with van der Waals surface area (Å²) in [7, 11) is 0. The van der Waals surface area contributed by atoms with Gasteiger partial charge >= 0.3 is 0 Å². The predicted molar refractivity (Wildman–Crippen MR) is 52.3 cm³/mol. The molecule has 1 aromatic rings. The highest BCUT2D eigenvalue weighted by Gasteiger charge is 2.31. The molecule has 0 unspecified atom stereocenters. The van der Waals surface area contributed by atoms with Crippen molar-refractivity contribution in [2.24, 2.45) is 0 Å². The molecule has 3 amide bonds. The molecule has 0 saturated carbocycles. The Labute approximate surface area is 85.8 Å². The maximum atomic E-state index is 11.6. The number of hydrogen-bond acceptors (Lipinski definition) is 3. The van der Waals surface area contributed by atoms with Crippen molar-refractivity contribution < 1.29 is 14.4 Å². The summed E-state index contributed by atoms with van der Waals surface area (Å²) in [5.74, 6) is -1.16. The van der Waals surface area contributed by atoms with Gasteiger partial charge < -0.3 is 0 Å². The number of hydrogen-bond donors (Lipinski definition) is 0. The Morgan fingerprint density at radius 1 is 1.07 bits per heavy atom. The second kappa shape index (κ2) is 3.49. The van der Waals surface area contributed by atoms with E-state index in [0.717, 1.165) is 0 Å². The van der Waals surface area contributed by atoms with E-state index in [4.69, 9.17) is 0 Å². The first-order chi connectivity index (χ1) is 7.24. The number of amides is 3. The van der Waals surface area contributed by atoms with Gasteiger partial charge in [-0.05, 0) is 5.56 Å². The van der Waals surface area contributed by atoms with Gasteiger partial charge in [0, 0.05) is 6.08 Å². The van der Waals surface area contributed by atoms with Gasteiger partial charge in [0.1, 0.15) is 0 Å². The Hall–Kier alpha value is -2.23. The van der Waals surface area contributed by atoms with E-state index in [9.17, 15) is 14.4 Å². The molecule has 0 fully saturated rings. The normalized spacial score (nSPS) is 15.5. The van der Waals surface area contributed by atoms with Gasteiger partial charge in [-0.25, -0.2) is 4.90 Å². The summed E-state index contributed by atoms with van der Waals surface area (Å²) in [6.45, 7) is 0. The van der Waals surface area contributed by atoms with Gasteiger partial charge in [-0.1, -0.05) is 30.3 Å². The molecule has 1 aromatic carbocycles. The van der Waals surface area contributed by atoms with E-state index >= 15 is 0 Å². The lowest BCUT2D eigenvalue weighted by molar-refractivity contribution is -0.142. The largest absolute Gasteiger partial charge is 0.278 e.